The van der Waals surface area contributed by atoms with Gasteiger partial charge in [0.2, 0.25) is 0 Å². The van der Waals surface area contributed by atoms with Crippen LogP contribution in [0.5, 0.6) is 0 Å². The van der Waals surface area contributed by atoms with E-state index in [4.69, 9.17) is 9.52 Å². The van der Waals surface area contributed by atoms with Gasteiger partial charge in [-0.05, 0) is 44.2 Å². The van der Waals surface area contributed by atoms with Crippen molar-refractivity contribution in [1.82, 2.24) is 0 Å². The van der Waals surface area contributed by atoms with Crippen LogP contribution in [-0.2, 0) is 4.79 Å². The van der Waals surface area contributed by atoms with E-state index in [1.807, 2.05) is 18.2 Å². The van der Waals surface area contributed by atoms with Crippen molar-refractivity contribution in [1.29, 1.82) is 0 Å². The average molecular weight is 429 g/mol. The van der Waals surface area contributed by atoms with Gasteiger partial charge in [-0.3, -0.25) is 4.79 Å². The Morgan fingerprint density at radius 3 is 2.03 bits per heavy atom. The Hall–Kier alpha value is -2.36. The van der Waals surface area contributed by atoms with Crippen LogP contribution in [0.2, 0.25) is 0 Å². The maximum absolute atomic E-state index is 10.7. The highest BCUT2D eigenvalue weighted by Gasteiger charge is 1.96. The second-order valence-electron chi connectivity index (χ2n) is 8.02. The van der Waals surface area contributed by atoms with Gasteiger partial charge in [0.25, 0.3) is 0 Å². The molecule has 0 radical (unpaired) electrons. The van der Waals surface area contributed by atoms with Crippen molar-refractivity contribution < 1.29 is 14.3 Å². The molecule has 0 spiro atoms. The van der Waals surface area contributed by atoms with Crippen LogP contribution in [0.1, 0.15) is 96.8 Å². The van der Waals surface area contributed by atoms with Gasteiger partial charge in [-0.2, -0.15) is 0 Å². The van der Waals surface area contributed by atoms with Crippen LogP contribution in [0.15, 0.2) is 57.8 Å². The molecule has 0 aliphatic carbocycles. The first kappa shape index (κ1) is 26.7. The number of unbranched alkanes of at least 4 members (excludes halogenated alkanes) is 11. The van der Waals surface area contributed by atoms with Crippen LogP contribution in [0, 0.1) is 0 Å². The van der Waals surface area contributed by atoms with Crippen molar-refractivity contribution in [2.24, 2.45) is 0 Å². The largest absolute Gasteiger partial charge is 0.481 e. The molecule has 0 amide bonds. The molecule has 2 rings (SSSR count). The number of benzene rings is 1. The van der Waals surface area contributed by atoms with Crippen molar-refractivity contribution in [3.63, 3.8) is 0 Å². The Morgan fingerprint density at radius 1 is 0.806 bits per heavy atom. The maximum Gasteiger partial charge on any atom is 0.336 e. The second kappa shape index (κ2) is 18.4. The van der Waals surface area contributed by atoms with Crippen LogP contribution in [0.4, 0.5) is 0 Å². The Kier molecular flexibility index (Phi) is 15.8. The fourth-order valence-electron chi connectivity index (χ4n) is 3.36. The number of para-hydroxylation sites is 1. The second-order valence-corrected chi connectivity index (χ2v) is 8.02. The molecular weight excluding hydrogens is 388 g/mol. The van der Waals surface area contributed by atoms with Gasteiger partial charge in [0.15, 0.2) is 0 Å². The number of carboxylic acid groups (broad SMARTS) is 1. The van der Waals surface area contributed by atoms with E-state index in [-0.39, 0.29) is 5.63 Å². The highest BCUT2D eigenvalue weighted by molar-refractivity contribution is 5.75. The first-order valence-corrected chi connectivity index (χ1v) is 12.0. The summed E-state index contributed by atoms with van der Waals surface area (Å²) in [5.41, 5.74) is 0.337. The lowest BCUT2D eigenvalue weighted by molar-refractivity contribution is -0.137. The van der Waals surface area contributed by atoms with Gasteiger partial charge in [0, 0.05) is 17.9 Å². The fraction of sp³-hybridized carbons (Fsp3) is 0.556. The molecular formula is C27H40O4. The molecule has 0 aliphatic heterocycles. The molecule has 0 saturated heterocycles. The third-order valence-corrected chi connectivity index (χ3v) is 5.18. The van der Waals surface area contributed by atoms with Crippen LogP contribution in [0.25, 0.3) is 11.0 Å². The molecule has 31 heavy (non-hydrogen) atoms. The van der Waals surface area contributed by atoms with Crippen LogP contribution in [-0.4, -0.2) is 11.1 Å². The first-order valence-electron chi connectivity index (χ1n) is 12.0. The monoisotopic (exact) mass is 428 g/mol. The van der Waals surface area contributed by atoms with Crippen molar-refractivity contribution >= 4 is 16.9 Å². The van der Waals surface area contributed by atoms with E-state index in [0.29, 0.717) is 12.0 Å². The van der Waals surface area contributed by atoms with Gasteiger partial charge in [-0.15, -0.1) is 0 Å². The van der Waals surface area contributed by atoms with Crippen LogP contribution >= 0.6 is 0 Å². The van der Waals surface area contributed by atoms with E-state index in [9.17, 15) is 9.59 Å². The summed E-state index contributed by atoms with van der Waals surface area (Å²) in [6.07, 6.45) is 21.2. The standard InChI is InChI=1S/C18H34O2.C9H6O2/c1-2-3-4-5-6-7-8-9-10-11-12-13-14-15-16-17-18(19)20;10-9-6-5-7-3-1-2-4-8(7)11-9/h9-10H,2-8,11-17H2,1H3,(H,19,20);1-6H. The lowest BCUT2D eigenvalue weighted by Gasteiger charge is -1.99. The molecule has 0 unspecified atom stereocenters. The summed E-state index contributed by atoms with van der Waals surface area (Å²) in [5, 5.41) is 9.46. The summed E-state index contributed by atoms with van der Waals surface area (Å²) in [5.74, 6) is -0.664. The molecule has 0 saturated carbocycles. The predicted octanol–water partition coefficient (Wildman–Crippen LogP) is 7.90. The Labute approximate surface area is 187 Å². The van der Waals surface area contributed by atoms with Gasteiger partial charge in [0.1, 0.15) is 5.58 Å². The molecule has 2 aromatic rings. The lowest BCUT2D eigenvalue weighted by atomic mass is 10.1. The molecule has 1 aromatic carbocycles. The van der Waals surface area contributed by atoms with E-state index in [2.05, 4.69) is 19.1 Å². The minimum absolute atomic E-state index is 0.302. The smallest absolute Gasteiger partial charge is 0.336 e. The number of hydrogen-bond donors (Lipinski definition) is 1. The normalized spacial score (nSPS) is 10.9. The fourth-order valence-corrected chi connectivity index (χ4v) is 3.36. The van der Waals surface area contributed by atoms with E-state index in [1.165, 1.54) is 76.7 Å². The summed E-state index contributed by atoms with van der Waals surface area (Å²) >= 11 is 0. The molecule has 0 bridgehead atoms. The third kappa shape index (κ3) is 15.1. The third-order valence-electron chi connectivity index (χ3n) is 5.18. The van der Waals surface area contributed by atoms with Crippen molar-refractivity contribution in [2.75, 3.05) is 0 Å². The Bertz CT molecular complexity index is 791. The number of fused-ring (bicyclic) bond motifs is 1. The zero-order valence-electron chi connectivity index (χ0n) is 19.2. The molecule has 0 fully saturated rings. The summed E-state index contributed by atoms with van der Waals surface area (Å²) in [6.45, 7) is 2.26. The molecule has 0 atom stereocenters. The summed E-state index contributed by atoms with van der Waals surface area (Å²) in [6, 6.07) is 10.6. The molecule has 0 aliphatic rings. The SMILES string of the molecule is CCCCCCCCC=CCCCCCCCC(=O)O.O=c1ccc2ccccc2o1. The molecule has 1 aromatic heterocycles. The van der Waals surface area contributed by atoms with Crippen LogP contribution < -0.4 is 5.63 Å². The number of aliphatic carboxylic acids is 1. The number of carboxylic acids is 1. The van der Waals surface area contributed by atoms with Gasteiger partial charge >= 0.3 is 11.6 Å². The van der Waals surface area contributed by atoms with Crippen molar-refractivity contribution in [2.45, 2.75) is 96.8 Å². The van der Waals surface area contributed by atoms with Gasteiger partial charge < -0.3 is 9.52 Å². The lowest BCUT2D eigenvalue weighted by Crippen LogP contribution is -1.93. The number of rotatable bonds is 15. The minimum Gasteiger partial charge on any atom is -0.481 e. The zero-order valence-corrected chi connectivity index (χ0v) is 19.2. The molecule has 1 heterocycles. The van der Waals surface area contributed by atoms with Crippen molar-refractivity contribution in [3.05, 3.63) is 59.0 Å². The first-order chi connectivity index (χ1) is 15.1. The zero-order chi connectivity index (χ0) is 22.6. The highest BCUT2D eigenvalue weighted by Crippen LogP contribution is 2.10. The molecule has 4 nitrogen and oxygen atoms in total. The molecule has 1 N–H and O–H groups in total. The molecule has 172 valence electrons. The van der Waals surface area contributed by atoms with E-state index < -0.39 is 5.97 Å². The Balaban J connectivity index is 0.000000361. The van der Waals surface area contributed by atoms with Gasteiger partial charge in [-0.25, -0.2) is 4.79 Å². The number of carbonyl (C=O) groups is 1. The van der Waals surface area contributed by atoms with E-state index in [1.54, 1.807) is 12.1 Å². The quantitative estimate of drug-likeness (QED) is 0.178. The summed E-state index contributed by atoms with van der Waals surface area (Å²) < 4.78 is 4.91. The average Bonchev–Trinajstić information content (AvgIpc) is 2.76. The van der Waals surface area contributed by atoms with Crippen molar-refractivity contribution in [3.8, 4) is 0 Å². The van der Waals surface area contributed by atoms with Gasteiger partial charge in [0.05, 0.1) is 0 Å². The predicted molar refractivity (Wildman–Crippen MR) is 130 cm³/mol. The minimum atomic E-state index is -0.664. The van der Waals surface area contributed by atoms with Crippen LogP contribution in [0.3, 0.4) is 0 Å². The van der Waals surface area contributed by atoms with E-state index >= 15 is 0 Å². The Morgan fingerprint density at radius 2 is 1.39 bits per heavy atom. The highest BCUT2D eigenvalue weighted by atomic mass is 16.4. The number of allylic oxidation sites excluding steroid dienone is 2. The molecule has 4 heteroatoms. The van der Waals surface area contributed by atoms with Gasteiger partial charge in [-0.1, -0.05) is 88.6 Å². The van der Waals surface area contributed by atoms with E-state index in [0.717, 1.165) is 18.2 Å². The number of hydrogen-bond acceptors (Lipinski definition) is 3. The summed E-state index contributed by atoms with van der Waals surface area (Å²) in [4.78, 5) is 21.0. The topological polar surface area (TPSA) is 67.5 Å². The summed E-state index contributed by atoms with van der Waals surface area (Å²) in [7, 11) is 0. The maximum atomic E-state index is 10.7.